The van der Waals surface area contributed by atoms with Gasteiger partial charge in [-0.3, -0.25) is 0 Å². The van der Waals surface area contributed by atoms with Crippen molar-refractivity contribution < 1.29 is 17.6 Å². The maximum absolute atomic E-state index is 13.5. The standard InChI is InChI=1S/C14H7F4NS/c15-11-3-1-2-4-13(11)20-12-6-5-10(14(16,17)18)7-9(12)8-19/h1-7H. The zero-order valence-electron chi connectivity index (χ0n) is 9.91. The van der Waals surface area contributed by atoms with Gasteiger partial charge in [-0.2, -0.15) is 18.4 Å². The molecule has 0 fully saturated rings. The van der Waals surface area contributed by atoms with Gasteiger partial charge in [-0.05, 0) is 30.3 Å². The van der Waals surface area contributed by atoms with E-state index in [1.165, 1.54) is 24.3 Å². The van der Waals surface area contributed by atoms with E-state index in [0.29, 0.717) is 0 Å². The Morgan fingerprint density at radius 2 is 1.70 bits per heavy atom. The summed E-state index contributed by atoms with van der Waals surface area (Å²) in [6, 6.07) is 10.4. The van der Waals surface area contributed by atoms with Crippen molar-refractivity contribution in [2.45, 2.75) is 16.0 Å². The third-order valence-electron chi connectivity index (χ3n) is 2.48. The number of halogens is 4. The summed E-state index contributed by atoms with van der Waals surface area (Å²) >= 11 is 0.920. The van der Waals surface area contributed by atoms with Crippen LogP contribution in [0.5, 0.6) is 0 Å². The van der Waals surface area contributed by atoms with Gasteiger partial charge in [0.05, 0.1) is 11.1 Å². The highest BCUT2D eigenvalue weighted by Gasteiger charge is 2.31. The number of nitriles is 1. The highest BCUT2D eigenvalue weighted by molar-refractivity contribution is 7.99. The van der Waals surface area contributed by atoms with Crippen LogP contribution < -0.4 is 0 Å². The Bertz CT molecular complexity index is 674. The average molecular weight is 297 g/mol. The number of rotatable bonds is 2. The topological polar surface area (TPSA) is 23.8 Å². The Balaban J connectivity index is 2.39. The summed E-state index contributed by atoms with van der Waals surface area (Å²) in [6.07, 6.45) is -4.51. The minimum atomic E-state index is -4.51. The average Bonchev–Trinajstić information content (AvgIpc) is 2.40. The summed E-state index contributed by atoms with van der Waals surface area (Å²) in [5.74, 6) is -0.485. The summed E-state index contributed by atoms with van der Waals surface area (Å²) in [5, 5.41) is 8.93. The molecule has 2 aromatic carbocycles. The zero-order valence-corrected chi connectivity index (χ0v) is 10.7. The molecule has 20 heavy (non-hydrogen) atoms. The van der Waals surface area contributed by atoms with Crippen LogP contribution in [0.2, 0.25) is 0 Å². The predicted molar refractivity (Wildman–Crippen MR) is 66.7 cm³/mol. The first-order valence-electron chi connectivity index (χ1n) is 5.45. The second-order valence-corrected chi connectivity index (χ2v) is 4.94. The molecule has 0 amide bonds. The maximum atomic E-state index is 13.5. The Kier molecular flexibility index (Phi) is 4.00. The van der Waals surface area contributed by atoms with Crippen molar-refractivity contribution in [2.24, 2.45) is 0 Å². The van der Waals surface area contributed by atoms with E-state index in [9.17, 15) is 17.6 Å². The van der Waals surface area contributed by atoms with Crippen molar-refractivity contribution in [1.29, 1.82) is 5.26 Å². The number of hydrogen-bond donors (Lipinski definition) is 0. The summed E-state index contributed by atoms with van der Waals surface area (Å²) in [6.45, 7) is 0. The van der Waals surface area contributed by atoms with E-state index in [0.717, 1.165) is 23.9 Å². The van der Waals surface area contributed by atoms with E-state index in [1.54, 1.807) is 12.1 Å². The predicted octanol–water partition coefficient (Wildman–Crippen LogP) is 4.87. The number of benzene rings is 2. The van der Waals surface area contributed by atoms with E-state index in [-0.39, 0.29) is 15.4 Å². The van der Waals surface area contributed by atoms with Crippen LogP contribution in [0.25, 0.3) is 0 Å². The van der Waals surface area contributed by atoms with Gasteiger partial charge in [0.2, 0.25) is 0 Å². The number of alkyl halides is 3. The first-order valence-corrected chi connectivity index (χ1v) is 6.27. The van der Waals surface area contributed by atoms with Crippen molar-refractivity contribution in [3.05, 3.63) is 59.4 Å². The van der Waals surface area contributed by atoms with Gasteiger partial charge in [0.25, 0.3) is 0 Å². The monoisotopic (exact) mass is 297 g/mol. The Hall–Kier alpha value is -2.00. The molecular formula is C14H7F4NS. The van der Waals surface area contributed by atoms with Crippen LogP contribution >= 0.6 is 11.8 Å². The van der Waals surface area contributed by atoms with E-state index in [4.69, 9.17) is 5.26 Å². The molecule has 102 valence electrons. The minimum absolute atomic E-state index is 0.131. The largest absolute Gasteiger partial charge is 0.416 e. The van der Waals surface area contributed by atoms with E-state index < -0.39 is 17.6 Å². The molecule has 0 aliphatic carbocycles. The lowest BCUT2D eigenvalue weighted by Crippen LogP contribution is -2.05. The van der Waals surface area contributed by atoms with Crippen LogP contribution in [0.4, 0.5) is 17.6 Å². The molecule has 0 aromatic heterocycles. The molecule has 0 aliphatic heterocycles. The van der Waals surface area contributed by atoms with Gasteiger partial charge in [0.1, 0.15) is 11.9 Å². The maximum Gasteiger partial charge on any atom is 0.416 e. The lowest BCUT2D eigenvalue weighted by atomic mass is 10.1. The molecule has 0 saturated carbocycles. The Morgan fingerprint density at radius 1 is 1.00 bits per heavy atom. The molecule has 2 aromatic rings. The zero-order chi connectivity index (χ0) is 14.8. The third kappa shape index (κ3) is 3.11. The second kappa shape index (κ2) is 5.55. The molecule has 0 aliphatic rings. The smallest absolute Gasteiger partial charge is 0.206 e. The fraction of sp³-hybridized carbons (Fsp3) is 0.0714. The normalized spacial score (nSPS) is 11.2. The lowest BCUT2D eigenvalue weighted by Gasteiger charge is -2.09. The molecule has 0 bridgehead atoms. The molecule has 2 rings (SSSR count). The van der Waals surface area contributed by atoms with Gasteiger partial charge < -0.3 is 0 Å². The summed E-state index contributed by atoms with van der Waals surface area (Å²) < 4.78 is 51.1. The summed E-state index contributed by atoms with van der Waals surface area (Å²) in [4.78, 5) is 0.536. The molecule has 1 nitrogen and oxygen atoms in total. The third-order valence-corrected chi connectivity index (χ3v) is 3.61. The van der Waals surface area contributed by atoms with E-state index >= 15 is 0 Å². The first-order chi connectivity index (χ1) is 9.41. The number of hydrogen-bond acceptors (Lipinski definition) is 2. The van der Waals surface area contributed by atoms with Gasteiger partial charge in [-0.15, -0.1) is 0 Å². The van der Waals surface area contributed by atoms with E-state index in [1.807, 2.05) is 0 Å². The van der Waals surface area contributed by atoms with Crippen molar-refractivity contribution in [3.63, 3.8) is 0 Å². The summed E-state index contributed by atoms with van der Waals surface area (Å²) in [7, 11) is 0. The SMILES string of the molecule is N#Cc1cc(C(F)(F)F)ccc1Sc1ccccc1F. The van der Waals surface area contributed by atoms with Crippen LogP contribution in [-0.4, -0.2) is 0 Å². The van der Waals surface area contributed by atoms with Gasteiger partial charge in [0.15, 0.2) is 0 Å². The van der Waals surface area contributed by atoms with Crippen molar-refractivity contribution >= 4 is 11.8 Å². The molecule has 0 saturated heterocycles. The molecule has 0 heterocycles. The van der Waals surface area contributed by atoms with Crippen molar-refractivity contribution in [1.82, 2.24) is 0 Å². The van der Waals surface area contributed by atoms with Gasteiger partial charge in [-0.1, -0.05) is 23.9 Å². The van der Waals surface area contributed by atoms with Gasteiger partial charge >= 0.3 is 6.18 Å². The second-order valence-electron chi connectivity index (χ2n) is 3.85. The number of nitrogens with zero attached hydrogens (tertiary/aromatic N) is 1. The molecule has 0 spiro atoms. The summed E-state index contributed by atoms with van der Waals surface area (Å²) in [5.41, 5.74) is -1.03. The quantitative estimate of drug-likeness (QED) is 0.739. The fourth-order valence-corrected chi connectivity index (χ4v) is 2.43. The van der Waals surface area contributed by atoms with Crippen LogP contribution in [0, 0.1) is 17.1 Å². The molecule has 0 radical (unpaired) electrons. The van der Waals surface area contributed by atoms with Crippen LogP contribution in [-0.2, 0) is 6.18 Å². The Labute approximate surface area is 116 Å². The highest BCUT2D eigenvalue weighted by atomic mass is 32.2. The van der Waals surface area contributed by atoms with Crippen molar-refractivity contribution in [3.8, 4) is 6.07 Å². The fourth-order valence-electron chi connectivity index (χ4n) is 1.53. The first kappa shape index (κ1) is 14.4. The highest BCUT2D eigenvalue weighted by Crippen LogP contribution is 2.36. The van der Waals surface area contributed by atoms with Crippen LogP contribution in [0.15, 0.2) is 52.3 Å². The van der Waals surface area contributed by atoms with E-state index in [2.05, 4.69) is 0 Å². The van der Waals surface area contributed by atoms with Crippen molar-refractivity contribution in [2.75, 3.05) is 0 Å². The minimum Gasteiger partial charge on any atom is -0.206 e. The van der Waals surface area contributed by atoms with Gasteiger partial charge in [-0.25, -0.2) is 4.39 Å². The van der Waals surface area contributed by atoms with Crippen LogP contribution in [0.1, 0.15) is 11.1 Å². The molecule has 6 heteroatoms. The van der Waals surface area contributed by atoms with Gasteiger partial charge in [0, 0.05) is 9.79 Å². The molecular weight excluding hydrogens is 290 g/mol. The molecule has 0 unspecified atom stereocenters. The van der Waals surface area contributed by atoms with Crippen LogP contribution in [0.3, 0.4) is 0 Å². The molecule has 0 N–H and O–H groups in total. The lowest BCUT2D eigenvalue weighted by molar-refractivity contribution is -0.137. The molecule has 0 atom stereocenters. The Morgan fingerprint density at radius 3 is 2.30 bits per heavy atom.